The summed E-state index contributed by atoms with van der Waals surface area (Å²) in [5, 5.41) is 5.15. The molecule has 0 aliphatic carbocycles. The lowest BCUT2D eigenvalue weighted by Crippen LogP contribution is -2.12. The van der Waals surface area contributed by atoms with E-state index in [4.69, 9.17) is 5.73 Å². The van der Waals surface area contributed by atoms with Gasteiger partial charge in [-0.2, -0.15) is 0 Å². The van der Waals surface area contributed by atoms with Crippen LogP contribution >= 0.6 is 0 Å². The van der Waals surface area contributed by atoms with Gasteiger partial charge in [0.15, 0.2) is 0 Å². The number of carbonyl (C=O) groups is 2. The molecule has 0 spiro atoms. The van der Waals surface area contributed by atoms with Gasteiger partial charge in [-0.05, 0) is 42.7 Å². The molecule has 0 bridgehead atoms. The van der Waals surface area contributed by atoms with Crippen molar-refractivity contribution in [1.82, 2.24) is 0 Å². The Bertz CT molecular complexity index is 884. The summed E-state index contributed by atoms with van der Waals surface area (Å²) in [6.07, 6.45) is 6.46. The van der Waals surface area contributed by atoms with Crippen LogP contribution in [-0.4, -0.2) is 19.6 Å². The molecule has 0 aliphatic rings. The van der Waals surface area contributed by atoms with Crippen molar-refractivity contribution in [3.05, 3.63) is 59.9 Å². The van der Waals surface area contributed by atoms with E-state index in [1.807, 2.05) is 12.2 Å². The fourth-order valence-electron chi connectivity index (χ4n) is 2.88. The standard InChI is InChI=1S/C22H26FN3O3/c1-3-4-5-6-7-20(24)18-12-15(8-11-19(18)23)17-10-9-16(26-22(28)29-2)13-21(17)25-14-27/h5-6,8-14,20H,3-4,7,24H2,1-2H3,(H,25,27)(H,26,28)/b6-5+. The van der Waals surface area contributed by atoms with Crippen molar-refractivity contribution < 1.29 is 18.7 Å². The van der Waals surface area contributed by atoms with Crippen LogP contribution in [0.3, 0.4) is 0 Å². The topological polar surface area (TPSA) is 93.4 Å². The molecule has 0 saturated carbocycles. The molecule has 0 radical (unpaired) electrons. The number of methoxy groups -OCH3 is 1. The number of hydrogen-bond acceptors (Lipinski definition) is 4. The van der Waals surface area contributed by atoms with Crippen molar-refractivity contribution in [2.45, 2.75) is 32.2 Å². The van der Waals surface area contributed by atoms with Gasteiger partial charge in [0.1, 0.15) is 5.82 Å². The van der Waals surface area contributed by atoms with Gasteiger partial charge in [0.2, 0.25) is 6.41 Å². The fraction of sp³-hybridized carbons (Fsp3) is 0.273. The third kappa shape index (κ3) is 6.15. The summed E-state index contributed by atoms with van der Waals surface area (Å²) in [4.78, 5) is 22.4. The lowest BCUT2D eigenvalue weighted by Gasteiger charge is -2.15. The Balaban J connectivity index is 2.35. The van der Waals surface area contributed by atoms with Gasteiger partial charge in [-0.3, -0.25) is 10.1 Å². The number of amides is 2. The maximum atomic E-state index is 14.4. The van der Waals surface area contributed by atoms with Crippen LogP contribution in [0.4, 0.5) is 20.6 Å². The molecular formula is C22H26FN3O3. The first-order valence-corrected chi connectivity index (χ1v) is 9.39. The van der Waals surface area contributed by atoms with Crippen LogP contribution in [0.15, 0.2) is 48.6 Å². The summed E-state index contributed by atoms with van der Waals surface area (Å²) in [6, 6.07) is 9.18. The zero-order valence-corrected chi connectivity index (χ0v) is 16.6. The Morgan fingerprint density at radius 2 is 2.03 bits per heavy atom. The highest BCUT2D eigenvalue weighted by Gasteiger charge is 2.14. The molecule has 0 fully saturated rings. The summed E-state index contributed by atoms with van der Waals surface area (Å²) >= 11 is 0. The first kappa shape index (κ1) is 22.1. The van der Waals surface area contributed by atoms with Gasteiger partial charge in [0.05, 0.1) is 12.8 Å². The molecule has 0 aliphatic heterocycles. The molecule has 6 nitrogen and oxygen atoms in total. The predicted octanol–water partition coefficient (Wildman–Crippen LogP) is 4.99. The number of ether oxygens (including phenoxy) is 1. The average Bonchev–Trinajstić information content (AvgIpc) is 2.72. The molecule has 29 heavy (non-hydrogen) atoms. The van der Waals surface area contributed by atoms with Crippen molar-refractivity contribution in [3.8, 4) is 11.1 Å². The van der Waals surface area contributed by atoms with E-state index in [2.05, 4.69) is 22.3 Å². The van der Waals surface area contributed by atoms with E-state index in [9.17, 15) is 14.0 Å². The van der Waals surface area contributed by atoms with Crippen molar-refractivity contribution in [2.75, 3.05) is 17.7 Å². The molecule has 2 aromatic carbocycles. The number of allylic oxidation sites excluding steroid dienone is 1. The van der Waals surface area contributed by atoms with Crippen LogP contribution in [0.25, 0.3) is 11.1 Å². The number of rotatable bonds is 9. The van der Waals surface area contributed by atoms with Gasteiger partial charge >= 0.3 is 6.09 Å². The lowest BCUT2D eigenvalue weighted by molar-refractivity contribution is -0.105. The maximum Gasteiger partial charge on any atom is 0.411 e. The van der Waals surface area contributed by atoms with Gasteiger partial charge in [-0.25, -0.2) is 9.18 Å². The molecule has 4 N–H and O–H groups in total. The highest BCUT2D eigenvalue weighted by Crippen LogP contribution is 2.33. The van der Waals surface area contributed by atoms with Crippen molar-refractivity contribution in [2.24, 2.45) is 5.73 Å². The van der Waals surface area contributed by atoms with Gasteiger partial charge in [0.25, 0.3) is 0 Å². The molecule has 2 rings (SSSR count). The molecule has 154 valence electrons. The number of hydrogen-bond donors (Lipinski definition) is 3. The second-order valence-electron chi connectivity index (χ2n) is 6.48. The minimum absolute atomic E-state index is 0.376. The monoisotopic (exact) mass is 399 g/mol. The van der Waals surface area contributed by atoms with E-state index in [0.717, 1.165) is 12.8 Å². The largest absolute Gasteiger partial charge is 0.453 e. The van der Waals surface area contributed by atoms with E-state index >= 15 is 0 Å². The second-order valence-corrected chi connectivity index (χ2v) is 6.48. The minimum Gasteiger partial charge on any atom is -0.453 e. The quantitative estimate of drug-likeness (QED) is 0.409. The maximum absolute atomic E-state index is 14.4. The highest BCUT2D eigenvalue weighted by atomic mass is 19.1. The fourth-order valence-corrected chi connectivity index (χ4v) is 2.88. The third-order valence-electron chi connectivity index (χ3n) is 4.38. The molecule has 0 aromatic heterocycles. The Labute approximate surface area is 169 Å². The lowest BCUT2D eigenvalue weighted by atomic mass is 9.96. The van der Waals surface area contributed by atoms with Gasteiger partial charge < -0.3 is 15.8 Å². The number of anilines is 2. The zero-order valence-electron chi connectivity index (χ0n) is 16.6. The van der Waals surface area contributed by atoms with Crippen molar-refractivity contribution >= 4 is 23.9 Å². The summed E-state index contributed by atoms with van der Waals surface area (Å²) in [5.41, 5.74) is 8.87. The van der Waals surface area contributed by atoms with Crippen LogP contribution in [-0.2, 0) is 9.53 Å². The van der Waals surface area contributed by atoms with E-state index < -0.39 is 12.1 Å². The minimum atomic E-state index is -0.624. The van der Waals surface area contributed by atoms with Gasteiger partial charge in [-0.1, -0.05) is 37.6 Å². The Kier molecular flexibility index (Phi) is 8.36. The number of nitrogens with two attached hydrogens (primary N) is 1. The second kappa shape index (κ2) is 11.0. The number of benzene rings is 2. The third-order valence-corrected chi connectivity index (χ3v) is 4.38. The summed E-state index contributed by atoms with van der Waals surface area (Å²) in [6.45, 7) is 2.09. The van der Waals surface area contributed by atoms with E-state index in [0.29, 0.717) is 40.9 Å². The SMILES string of the molecule is CCC/C=C/CC(N)c1cc(-c2ccc(NC(=O)OC)cc2NC=O)ccc1F. The van der Waals surface area contributed by atoms with Gasteiger partial charge in [-0.15, -0.1) is 0 Å². The number of carbonyl (C=O) groups excluding carboxylic acids is 2. The summed E-state index contributed by atoms with van der Waals surface area (Å²) in [7, 11) is 1.26. The van der Waals surface area contributed by atoms with E-state index in [1.165, 1.54) is 13.2 Å². The molecule has 2 aromatic rings. The first-order valence-electron chi connectivity index (χ1n) is 9.39. The molecule has 1 unspecified atom stereocenters. The molecule has 7 heteroatoms. The number of nitrogens with one attached hydrogen (secondary N) is 2. The van der Waals surface area contributed by atoms with E-state index in [-0.39, 0.29) is 5.82 Å². The Morgan fingerprint density at radius 1 is 1.24 bits per heavy atom. The van der Waals surface area contributed by atoms with Crippen LogP contribution in [0, 0.1) is 5.82 Å². The van der Waals surface area contributed by atoms with E-state index in [1.54, 1.807) is 30.3 Å². The summed E-state index contributed by atoms with van der Waals surface area (Å²) < 4.78 is 18.9. The average molecular weight is 399 g/mol. The van der Waals surface area contributed by atoms with Gasteiger partial charge in [0, 0.05) is 22.9 Å². The van der Waals surface area contributed by atoms with Crippen molar-refractivity contribution in [3.63, 3.8) is 0 Å². The predicted molar refractivity (Wildman–Crippen MR) is 113 cm³/mol. The smallest absolute Gasteiger partial charge is 0.411 e. The van der Waals surface area contributed by atoms with Crippen LogP contribution < -0.4 is 16.4 Å². The van der Waals surface area contributed by atoms with Crippen LogP contribution in [0.1, 0.15) is 37.8 Å². The first-order chi connectivity index (χ1) is 14.0. The van der Waals surface area contributed by atoms with Crippen LogP contribution in [0.2, 0.25) is 0 Å². The molecular weight excluding hydrogens is 373 g/mol. The van der Waals surface area contributed by atoms with Crippen molar-refractivity contribution in [1.29, 1.82) is 0 Å². The Morgan fingerprint density at radius 3 is 2.72 bits per heavy atom. The Hall–Kier alpha value is -3.19. The number of halogens is 1. The highest BCUT2D eigenvalue weighted by molar-refractivity contribution is 5.91. The molecule has 0 heterocycles. The normalized spacial score (nSPS) is 11.9. The zero-order chi connectivity index (χ0) is 21.2. The summed E-state index contributed by atoms with van der Waals surface area (Å²) in [5.74, 6) is -0.376. The molecule has 1 atom stereocenters. The van der Waals surface area contributed by atoms with Crippen LogP contribution in [0.5, 0.6) is 0 Å². The number of unbranched alkanes of at least 4 members (excludes halogenated alkanes) is 1. The molecule has 0 saturated heterocycles. The molecule has 2 amide bonds.